The molecule has 0 aliphatic heterocycles. The van der Waals surface area contributed by atoms with Crippen molar-refractivity contribution < 1.29 is 13.2 Å². The van der Waals surface area contributed by atoms with Crippen LogP contribution in [0.1, 0.15) is 31.9 Å². The van der Waals surface area contributed by atoms with Gasteiger partial charge in [0.2, 0.25) is 15.9 Å². The molecule has 0 aliphatic rings. The third-order valence-corrected chi connectivity index (χ3v) is 7.12. The number of nitrogens with one attached hydrogen (secondary N) is 1. The summed E-state index contributed by atoms with van der Waals surface area (Å²) in [5, 5.41) is 2.87. The molecule has 7 heteroatoms. The van der Waals surface area contributed by atoms with Gasteiger partial charge in [-0.25, -0.2) is 12.7 Å². The van der Waals surface area contributed by atoms with Crippen molar-refractivity contribution in [1.82, 2.24) is 9.62 Å². The molecule has 0 aliphatic carbocycles. The lowest BCUT2D eigenvalue weighted by Crippen LogP contribution is -2.25. The minimum absolute atomic E-state index is 0.0603. The summed E-state index contributed by atoms with van der Waals surface area (Å²) in [5.74, 6) is 0.275. The lowest BCUT2D eigenvalue weighted by atomic mass is 9.87. The second kappa shape index (κ2) is 9.11. The third kappa shape index (κ3) is 6.09. The van der Waals surface area contributed by atoms with Gasteiger partial charge in [-0.15, -0.1) is 11.8 Å². The minimum atomic E-state index is -3.43. The second-order valence-electron chi connectivity index (χ2n) is 7.77. The van der Waals surface area contributed by atoms with Crippen LogP contribution in [0.3, 0.4) is 0 Å². The van der Waals surface area contributed by atoms with Crippen molar-refractivity contribution in [2.75, 3.05) is 19.8 Å². The van der Waals surface area contributed by atoms with E-state index in [0.29, 0.717) is 12.3 Å². The fraction of sp³-hybridized carbons (Fsp3) is 0.381. The molecule has 0 atom stereocenters. The number of carbonyl (C=O) groups excluding carboxylic acids is 1. The summed E-state index contributed by atoms with van der Waals surface area (Å²) in [7, 11) is -0.438. The number of amides is 1. The van der Waals surface area contributed by atoms with Crippen molar-refractivity contribution >= 4 is 27.7 Å². The average Bonchev–Trinajstić information content (AvgIpc) is 2.64. The number of nitrogens with zero attached hydrogens (tertiary/aromatic N) is 1. The van der Waals surface area contributed by atoms with Crippen LogP contribution >= 0.6 is 11.8 Å². The van der Waals surface area contributed by atoms with Crippen molar-refractivity contribution in [2.45, 2.75) is 42.5 Å². The first-order chi connectivity index (χ1) is 13.0. The van der Waals surface area contributed by atoms with E-state index in [-0.39, 0.29) is 16.2 Å². The summed E-state index contributed by atoms with van der Waals surface area (Å²) in [6.45, 7) is 6.88. The summed E-state index contributed by atoms with van der Waals surface area (Å²) in [6.07, 6.45) is 0. The molecular weight excluding hydrogens is 392 g/mol. The molecule has 28 heavy (non-hydrogen) atoms. The number of benzene rings is 2. The molecule has 0 bridgehead atoms. The highest BCUT2D eigenvalue weighted by Crippen LogP contribution is 2.25. The van der Waals surface area contributed by atoms with Crippen molar-refractivity contribution in [2.24, 2.45) is 0 Å². The lowest BCUT2D eigenvalue weighted by Gasteiger charge is -2.19. The molecule has 0 radical (unpaired) electrons. The molecule has 5 nitrogen and oxygen atoms in total. The average molecular weight is 421 g/mol. The van der Waals surface area contributed by atoms with Gasteiger partial charge in [0.25, 0.3) is 0 Å². The van der Waals surface area contributed by atoms with E-state index in [0.717, 1.165) is 10.5 Å². The van der Waals surface area contributed by atoms with E-state index < -0.39 is 10.0 Å². The zero-order valence-electron chi connectivity index (χ0n) is 17.0. The topological polar surface area (TPSA) is 66.5 Å². The number of hydrogen-bond donors (Lipinski definition) is 1. The Labute approximate surface area is 172 Å². The molecule has 0 saturated carbocycles. The number of carbonyl (C=O) groups is 1. The van der Waals surface area contributed by atoms with Crippen LogP contribution in [0.15, 0.2) is 58.3 Å². The van der Waals surface area contributed by atoms with Gasteiger partial charge in [-0.2, -0.15) is 0 Å². The van der Waals surface area contributed by atoms with Gasteiger partial charge in [0.1, 0.15) is 0 Å². The van der Waals surface area contributed by atoms with Gasteiger partial charge in [0.15, 0.2) is 0 Å². The van der Waals surface area contributed by atoms with Crippen LogP contribution < -0.4 is 5.32 Å². The van der Waals surface area contributed by atoms with Crippen LogP contribution in [-0.2, 0) is 26.8 Å². The Morgan fingerprint density at radius 2 is 1.57 bits per heavy atom. The first kappa shape index (κ1) is 22.5. The Bertz CT molecular complexity index is 898. The molecule has 0 saturated heterocycles. The number of thioether (sulfide) groups is 1. The number of hydrogen-bond acceptors (Lipinski definition) is 4. The van der Waals surface area contributed by atoms with Crippen LogP contribution in [0.5, 0.6) is 0 Å². The largest absolute Gasteiger partial charge is 0.351 e. The molecule has 0 heterocycles. The molecule has 0 spiro atoms. The third-order valence-electron chi connectivity index (χ3n) is 4.28. The molecule has 2 rings (SSSR count). The SMILES string of the molecule is CN(C)S(=O)(=O)c1ccc(CNC(=O)CSc2ccc(C(C)(C)C)cc2)cc1. The highest BCUT2D eigenvalue weighted by Gasteiger charge is 2.16. The fourth-order valence-electron chi connectivity index (χ4n) is 2.44. The number of rotatable bonds is 7. The van der Waals surface area contributed by atoms with Gasteiger partial charge >= 0.3 is 0 Å². The smallest absolute Gasteiger partial charge is 0.242 e. The predicted octanol–water partition coefficient (Wildman–Crippen LogP) is 3.64. The van der Waals surface area contributed by atoms with Gasteiger partial charge in [0.05, 0.1) is 10.6 Å². The number of sulfonamides is 1. The Balaban J connectivity index is 1.84. The molecule has 0 unspecified atom stereocenters. The fourth-order valence-corrected chi connectivity index (χ4v) is 4.07. The zero-order chi connectivity index (χ0) is 20.9. The Morgan fingerprint density at radius 1 is 1.00 bits per heavy atom. The monoisotopic (exact) mass is 420 g/mol. The van der Waals surface area contributed by atoms with E-state index >= 15 is 0 Å². The highest BCUT2D eigenvalue weighted by molar-refractivity contribution is 8.00. The lowest BCUT2D eigenvalue weighted by molar-refractivity contribution is -0.118. The Morgan fingerprint density at radius 3 is 2.07 bits per heavy atom. The van der Waals surface area contributed by atoms with Gasteiger partial charge in [-0.3, -0.25) is 4.79 Å². The maximum absolute atomic E-state index is 12.1. The molecule has 1 amide bonds. The van der Waals surface area contributed by atoms with Crippen LogP contribution in [-0.4, -0.2) is 38.5 Å². The van der Waals surface area contributed by atoms with E-state index in [1.165, 1.54) is 35.7 Å². The van der Waals surface area contributed by atoms with Gasteiger partial charge in [-0.05, 0) is 40.8 Å². The summed E-state index contributed by atoms with van der Waals surface area (Å²) in [4.78, 5) is 13.4. The van der Waals surface area contributed by atoms with E-state index in [1.807, 2.05) is 12.1 Å². The first-order valence-electron chi connectivity index (χ1n) is 9.01. The molecule has 0 aromatic heterocycles. The second-order valence-corrected chi connectivity index (χ2v) is 11.0. The molecule has 2 aromatic rings. The Kier molecular flexibility index (Phi) is 7.31. The van der Waals surface area contributed by atoms with Crippen molar-refractivity contribution in [3.8, 4) is 0 Å². The van der Waals surface area contributed by atoms with Gasteiger partial charge in [0, 0.05) is 25.5 Å². The zero-order valence-corrected chi connectivity index (χ0v) is 18.7. The van der Waals surface area contributed by atoms with E-state index in [1.54, 1.807) is 24.3 Å². The molecule has 0 fully saturated rings. The summed E-state index contributed by atoms with van der Waals surface area (Å²) in [6, 6.07) is 14.8. The summed E-state index contributed by atoms with van der Waals surface area (Å²) < 4.78 is 25.3. The van der Waals surface area contributed by atoms with E-state index in [2.05, 4.69) is 38.2 Å². The van der Waals surface area contributed by atoms with Crippen LogP contribution in [0, 0.1) is 0 Å². The Hall–Kier alpha value is -1.83. The molecular formula is C21H28N2O3S2. The van der Waals surface area contributed by atoms with E-state index in [4.69, 9.17) is 0 Å². The van der Waals surface area contributed by atoms with Crippen molar-refractivity contribution in [3.63, 3.8) is 0 Å². The van der Waals surface area contributed by atoms with E-state index in [9.17, 15) is 13.2 Å². The molecule has 1 N–H and O–H groups in total. The first-order valence-corrected chi connectivity index (χ1v) is 11.4. The summed E-state index contributed by atoms with van der Waals surface area (Å²) >= 11 is 1.50. The van der Waals surface area contributed by atoms with Crippen molar-refractivity contribution in [3.05, 3.63) is 59.7 Å². The predicted molar refractivity (Wildman–Crippen MR) is 115 cm³/mol. The van der Waals surface area contributed by atoms with Gasteiger partial charge < -0.3 is 5.32 Å². The highest BCUT2D eigenvalue weighted by atomic mass is 32.2. The van der Waals surface area contributed by atoms with Crippen LogP contribution in [0.4, 0.5) is 0 Å². The molecule has 2 aromatic carbocycles. The normalized spacial score (nSPS) is 12.2. The van der Waals surface area contributed by atoms with Gasteiger partial charge in [-0.1, -0.05) is 45.0 Å². The minimum Gasteiger partial charge on any atom is -0.351 e. The maximum Gasteiger partial charge on any atom is 0.242 e. The van der Waals surface area contributed by atoms with Crippen LogP contribution in [0.2, 0.25) is 0 Å². The quantitative estimate of drug-likeness (QED) is 0.695. The van der Waals surface area contributed by atoms with Crippen molar-refractivity contribution in [1.29, 1.82) is 0 Å². The standard InChI is InChI=1S/C21H28N2O3S2/c1-21(2,3)17-8-10-18(11-9-17)27-15-20(24)22-14-16-6-12-19(13-7-16)28(25,26)23(4)5/h6-13H,14-15H2,1-5H3,(H,22,24). The molecule has 152 valence electrons. The van der Waals surface area contributed by atoms with Crippen LogP contribution in [0.25, 0.3) is 0 Å². The summed E-state index contributed by atoms with van der Waals surface area (Å²) in [5.41, 5.74) is 2.23. The maximum atomic E-state index is 12.1.